The number of hydrogen-bond donors (Lipinski definition) is 2. The van der Waals surface area contributed by atoms with E-state index in [1.165, 1.54) is 0 Å². The molecule has 2 N–H and O–H groups in total. The number of rotatable bonds is 6. The molecule has 0 spiro atoms. The second-order valence-electron chi connectivity index (χ2n) is 6.11. The quantitative estimate of drug-likeness (QED) is 0.776. The number of carbonyl (C=O) groups excluding carboxylic acids is 1. The van der Waals surface area contributed by atoms with E-state index in [2.05, 4.69) is 10.3 Å². The lowest BCUT2D eigenvalue weighted by Gasteiger charge is -2.28. The molecule has 2 aromatic heterocycles. The van der Waals surface area contributed by atoms with E-state index in [1.54, 1.807) is 24.2 Å². The van der Waals surface area contributed by atoms with Crippen LogP contribution in [0.5, 0.6) is 0 Å². The minimum atomic E-state index is 0.0599. The van der Waals surface area contributed by atoms with Crippen LogP contribution in [0.2, 0.25) is 0 Å². The van der Waals surface area contributed by atoms with Crippen molar-refractivity contribution >= 4 is 11.7 Å². The minimum Gasteiger partial charge on any atom is -0.396 e. The standard InChI is InChI=1S/C18H23N5O2/c1-13(25)23-9-6-15-16(12-23)21-17(14-5-4-7-19-11-14)22-18(15)20-8-2-3-10-24/h4-5,7,11,24H,2-3,6,8-10,12H2,1H3,(H,20,21,22). The summed E-state index contributed by atoms with van der Waals surface area (Å²) in [5, 5.41) is 12.3. The number of unbranched alkanes of at least 4 members (excludes halogenated alkanes) is 1. The van der Waals surface area contributed by atoms with Crippen LogP contribution in [0.25, 0.3) is 11.4 Å². The van der Waals surface area contributed by atoms with Crippen LogP contribution in [0.4, 0.5) is 5.82 Å². The average molecular weight is 341 g/mol. The van der Waals surface area contributed by atoms with Crippen molar-refractivity contribution in [3.8, 4) is 11.4 Å². The number of amides is 1. The zero-order chi connectivity index (χ0) is 17.6. The van der Waals surface area contributed by atoms with Crippen LogP contribution in [0.15, 0.2) is 24.5 Å². The fourth-order valence-corrected chi connectivity index (χ4v) is 2.91. The highest BCUT2D eigenvalue weighted by atomic mass is 16.2. The van der Waals surface area contributed by atoms with Crippen LogP contribution >= 0.6 is 0 Å². The van der Waals surface area contributed by atoms with Gasteiger partial charge in [-0.15, -0.1) is 0 Å². The number of nitrogens with one attached hydrogen (secondary N) is 1. The number of pyridine rings is 1. The van der Waals surface area contributed by atoms with Crippen molar-refractivity contribution in [2.75, 3.05) is 25.0 Å². The first-order valence-corrected chi connectivity index (χ1v) is 8.59. The van der Waals surface area contributed by atoms with E-state index in [-0.39, 0.29) is 12.5 Å². The molecule has 7 heteroatoms. The third-order valence-electron chi connectivity index (χ3n) is 4.31. The molecule has 1 aliphatic rings. The van der Waals surface area contributed by atoms with Crippen molar-refractivity contribution in [3.63, 3.8) is 0 Å². The molecular formula is C18H23N5O2. The van der Waals surface area contributed by atoms with Gasteiger partial charge in [-0.25, -0.2) is 9.97 Å². The fourth-order valence-electron chi connectivity index (χ4n) is 2.91. The number of nitrogens with zero attached hydrogens (tertiary/aromatic N) is 4. The van der Waals surface area contributed by atoms with Crippen LogP contribution in [0, 0.1) is 0 Å². The molecule has 25 heavy (non-hydrogen) atoms. The predicted molar refractivity (Wildman–Crippen MR) is 94.9 cm³/mol. The Bertz CT molecular complexity index is 736. The summed E-state index contributed by atoms with van der Waals surface area (Å²) in [6, 6.07) is 3.78. The Hall–Kier alpha value is -2.54. The summed E-state index contributed by atoms with van der Waals surface area (Å²) in [4.78, 5) is 27.1. The van der Waals surface area contributed by atoms with Gasteiger partial charge in [0.2, 0.25) is 5.91 Å². The fraction of sp³-hybridized carbons (Fsp3) is 0.444. The topological polar surface area (TPSA) is 91.2 Å². The summed E-state index contributed by atoms with van der Waals surface area (Å²) >= 11 is 0. The Morgan fingerprint density at radius 1 is 1.36 bits per heavy atom. The zero-order valence-corrected chi connectivity index (χ0v) is 14.4. The molecule has 1 aliphatic heterocycles. The van der Waals surface area contributed by atoms with Crippen molar-refractivity contribution in [2.45, 2.75) is 32.7 Å². The van der Waals surface area contributed by atoms with E-state index in [9.17, 15) is 4.79 Å². The Morgan fingerprint density at radius 3 is 2.96 bits per heavy atom. The maximum absolute atomic E-state index is 11.7. The Kier molecular flexibility index (Phi) is 5.55. The molecular weight excluding hydrogens is 318 g/mol. The van der Waals surface area contributed by atoms with Gasteiger partial charge in [-0.1, -0.05) is 0 Å². The minimum absolute atomic E-state index is 0.0599. The van der Waals surface area contributed by atoms with Crippen LogP contribution in [-0.2, 0) is 17.8 Å². The highest BCUT2D eigenvalue weighted by Gasteiger charge is 2.24. The van der Waals surface area contributed by atoms with Crippen molar-refractivity contribution in [3.05, 3.63) is 35.8 Å². The van der Waals surface area contributed by atoms with E-state index in [0.29, 0.717) is 18.9 Å². The summed E-state index contributed by atoms with van der Waals surface area (Å²) in [6.07, 6.45) is 5.83. The van der Waals surface area contributed by atoms with Gasteiger partial charge in [0, 0.05) is 50.1 Å². The third kappa shape index (κ3) is 4.11. The Labute approximate surface area is 147 Å². The first kappa shape index (κ1) is 17.3. The maximum Gasteiger partial charge on any atom is 0.219 e. The van der Waals surface area contributed by atoms with Crippen LogP contribution in [-0.4, -0.2) is 50.6 Å². The zero-order valence-electron chi connectivity index (χ0n) is 14.4. The third-order valence-corrected chi connectivity index (χ3v) is 4.31. The average Bonchev–Trinajstić information content (AvgIpc) is 2.65. The first-order valence-electron chi connectivity index (χ1n) is 8.59. The highest BCUT2D eigenvalue weighted by molar-refractivity contribution is 5.74. The second-order valence-corrected chi connectivity index (χ2v) is 6.11. The van der Waals surface area contributed by atoms with Gasteiger partial charge in [0.15, 0.2) is 5.82 Å². The normalized spacial score (nSPS) is 13.4. The van der Waals surface area contributed by atoms with Crippen molar-refractivity contribution in [1.29, 1.82) is 0 Å². The van der Waals surface area contributed by atoms with Crippen molar-refractivity contribution in [1.82, 2.24) is 19.9 Å². The van der Waals surface area contributed by atoms with E-state index in [0.717, 1.165) is 48.4 Å². The second kappa shape index (κ2) is 8.02. The number of hydrogen-bond acceptors (Lipinski definition) is 6. The SMILES string of the molecule is CC(=O)N1CCc2c(nc(-c3cccnc3)nc2NCCCCO)C1. The van der Waals surface area contributed by atoms with Gasteiger partial charge in [-0.2, -0.15) is 0 Å². The van der Waals surface area contributed by atoms with Gasteiger partial charge in [0.1, 0.15) is 5.82 Å². The molecule has 1 amide bonds. The molecule has 0 atom stereocenters. The van der Waals surface area contributed by atoms with E-state index in [4.69, 9.17) is 15.1 Å². The summed E-state index contributed by atoms with van der Waals surface area (Å²) in [6.45, 7) is 3.71. The molecule has 7 nitrogen and oxygen atoms in total. The molecule has 0 radical (unpaired) electrons. The number of fused-ring (bicyclic) bond motifs is 1. The maximum atomic E-state index is 11.7. The molecule has 0 saturated carbocycles. The van der Waals surface area contributed by atoms with Crippen LogP contribution in [0.3, 0.4) is 0 Å². The molecule has 0 unspecified atom stereocenters. The van der Waals surface area contributed by atoms with E-state index < -0.39 is 0 Å². The highest BCUT2D eigenvalue weighted by Crippen LogP contribution is 2.27. The molecule has 0 fully saturated rings. The largest absolute Gasteiger partial charge is 0.396 e. The molecule has 0 aliphatic carbocycles. The number of anilines is 1. The molecule has 3 rings (SSSR count). The number of carbonyl (C=O) groups is 1. The summed E-state index contributed by atoms with van der Waals surface area (Å²) in [5.74, 6) is 1.50. The number of aliphatic hydroxyl groups is 1. The number of aliphatic hydroxyl groups excluding tert-OH is 1. The molecule has 0 aromatic carbocycles. The smallest absolute Gasteiger partial charge is 0.219 e. The first-order chi connectivity index (χ1) is 12.2. The lowest BCUT2D eigenvalue weighted by atomic mass is 10.0. The van der Waals surface area contributed by atoms with Gasteiger partial charge in [0.25, 0.3) is 0 Å². The summed E-state index contributed by atoms with van der Waals surface area (Å²) in [7, 11) is 0. The Balaban J connectivity index is 1.92. The molecule has 0 bridgehead atoms. The lowest BCUT2D eigenvalue weighted by molar-refractivity contribution is -0.129. The van der Waals surface area contributed by atoms with Gasteiger partial charge >= 0.3 is 0 Å². The molecule has 132 valence electrons. The van der Waals surface area contributed by atoms with E-state index >= 15 is 0 Å². The van der Waals surface area contributed by atoms with E-state index in [1.807, 2.05) is 12.1 Å². The van der Waals surface area contributed by atoms with Crippen molar-refractivity contribution < 1.29 is 9.90 Å². The monoisotopic (exact) mass is 341 g/mol. The van der Waals surface area contributed by atoms with Crippen molar-refractivity contribution in [2.24, 2.45) is 0 Å². The summed E-state index contributed by atoms with van der Waals surface area (Å²) < 4.78 is 0. The van der Waals surface area contributed by atoms with Gasteiger partial charge in [-0.05, 0) is 31.4 Å². The number of aromatic nitrogens is 3. The van der Waals surface area contributed by atoms with Gasteiger partial charge in [-0.3, -0.25) is 9.78 Å². The predicted octanol–water partition coefficient (Wildman–Crippen LogP) is 1.63. The molecule has 0 saturated heterocycles. The molecule has 3 heterocycles. The van der Waals surface area contributed by atoms with Crippen LogP contribution in [0.1, 0.15) is 31.0 Å². The summed E-state index contributed by atoms with van der Waals surface area (Å²) in [5.41, 5.74) is 2.82. The Morgan fingerprint density at radius 2 is 2.24 bits per heavy atom. The molecule has 2 aromatic rings. The van der Waals surface area contributed by atoms with Gasteiger partial charge < -0.3 is 15.3 Å². The van der Waals surface area contributed by atoms with Gasteiger partial charge in [0.05, 0.1) is 12.2 Å². The lowest BCUT2D eigenvalue weighted by Crippen LogP contribution is -2.35. The van der Waals surface area contributed by atoms with Crippen LogP contribution < -0.4 is 5.32 Å².